The predicted molar refractivity (Wildman–Crippen MR) is 129 cm³/mol. The van der Waals surface area contributed by atoms with Gasteiger partial charge in [-0.2, -0.15) is 0 Å². The Kier molecular flexibility index (Phi) is 6.14. The number of fused-ring (bicyclic) bond motifs is 1. The summed E-state index contributed by atoms with van der Waals surface area (Å²) in [6, 6.07) is 15.5. The van der Waals surface area contributed by atoms with Gasteiger partial charge < -0.3 is 24.3 Å². The van der Waals surface area contributed by atoms with Crippen LogP contribution in [0.2, 0.25) is 0 Å². The van der Waals surface area contributed by atoms with Crippen LogP contribution in [0.15, 0.2) is 59.0 Å². The fraction of sp³-hybridized carbons (Fsp3) is 0.125. The second-order valence-corrected chi connectivity index (χ2v) is 7.58. The minimum atomic E-state index is -0.496. The summed E-state index contributed by atoms with van der Waals surface area (Å²) in [4.78, 5) is 17.2. The van der Waals surface area contributed by atoms with E-state index in [-0.39, 0.29) is 16.4 Å². The number of methoxy groups -OCH3 is 2. The van der Waals surface area contributed by atoms with Crippen LogP contribution in [0, 0.1) is 6.92 Å². The van der Waals surface area contributed by atoms with Gasteiger partial charge in [0.1, 0.15) is 28.3 Å². The molecule has 168 valence electrons. The molecule has 33 heavy (non-hydrogen) atoms. The van der Waals surface area contributed by atoms with E-state index in [0.717, 1.165) is 5.56 Å². The molecule has 0 spiro atoms. The van der Waals surface area contributed by atoms with E-state index in [1.54, 1.807) is 30.3 Å². The number of oxazole rings is 1. The van der Waals surface area contributed by atoms with Gasteiger partial charge in [-0.25, -0.2) is 4.98 Å². The lowest BCUT2D eigenvalue weighted by Gasteiger charge is -2.14. The van der Waals surface area contributed by atoms with Crippen molar-refractivity contribution in [2.24, 2.45) is 0 Å². The van der Waals surface area contributed by atoms with Crippen molar-refractivity contribution in [3.05, 3.63) is 65.7 Å². The minimum absolute atomic E-state index is 0.0393. The number of nitrogens with zero attached hydrogens (tertiary/aromatic N) is 1. The van der Waals surface area contributed by atoms with Gasteiger partial charge in [-0.15, -0.1) is 0 Å². The number of thiocarbonyl (C=S) groups is 1. The van der Waals surface area contributed by atoms with Crippen LogP contribution < -0.4 is 20.1 Å². The first kappa shape index (κ1) is 22.1. The largest absolute Gasteiger partial charge is 0.507 e. The molecule has 4 aromatic rings. The number of rotatable bonds is 5. The number of aromatic hydroxyl groups is 1. The van der Waals surface area contributed by atoms with Crippen LogP contribution >= 0.6 is 12.2 Å². The molecule has 0 radical (unpaired) electrons. The number of aryl methyl sites for hydroxylation is 1. The summed E-state index contributed by atoms with van der Waals surface area (Å²) < 4.78 is 16.3. The van der Waals surface area contributed by atoms with E-state index in [1.165, 1.54) is 20.3 Å². The van der Waals surface area contributed by atoms with Crippen molar-refractivity contribution in [1.29, 1.82) is 0 Å². The van der Waals surface area contributed by atoms with Gasteiger partial charge in [-0.3, -0.25) is 10.1 Å². The number of carbonyl (C=O) groups excluding carboxylic acids is 1. The maximum atomic E-state index is 12.8. The monoisotopic (exact) mass is 463 g/mol. The molecule has 0 fully saturated rings. The molecular weight excluding hydrogens is 442 g/mol. The molecule has 3 aromatic carbocycles. The van der Waals surface area contributed by atoms with Gasteiger partial charge in [0.15, 0.2) is 10.7 Å². The third kappa shape index (κ3) is 4.58. The average Bonchev–Trinajstić information content (AvgIpc) is 3.21. The quantitative estimate of drug-likeness (QED) is 0.367. The van der Waals surface area contributed by atoms with E-state index in [9.17, 15) is 9.90 Å². The molecular formula is C24H21N3O5S. The van der Waals surface area contributed by atoms with E-state index in [4.69, 9.17) is 26.1 Å². The SMILES string of the molecule is COc1cccc(OC)c1C(=O)NC(=S)Nc1ccc(-c2nc3ccc(C)cc3o2)c(O)c1. The summed E-state index contributed by atoms with van der Waals surface area (Å²) in [6.45, 7) is 1.96. The zero-order valence-corrected chi connectivity index (χ0v) is 18.9. The molecule has 8 nitrogen and oxygen atoms in total. The number of hydrogen-bond donors (Lipinski definition) is 3. The van der Waals surface area contributed by atoms with Crippen molar-refractivity contribution in [3.63, 3.8) is 0 Å². The van der Waals surface area contributed by atoms with Gasteiger partial charge in [0, 0.05) is 11.8 Å². The Morgan fingerprint density at radius 3 is 2.45 bits per heavy atom. The highest BCUT2D eigenvalue weighted by atomic mass is 32.1. The second-order valence-electron chi connectivity index (χ2n) is 7.17. The highest BCUT2D eigenvalue weighted by Crippen LogP contribution is 2.33. The van der Waals surface area contributed by atoms with Crippen LogP contribution in [-0.4, -0.2) is 35.3 Å². The number of nitrogens with one attached hydrogen (secondary N) is 2. The topological polar surface area (TPSA) is 106 Å². The van der Waals surface area contributed by atoms with Gasteiger partial charge >= 0.3 is 0 Å². The number of carbonyl (C=O) groups is 1. The Labute approximate surface area is 195 Å². The van der Waals surface area contributed by atoms with Crippen LogP contribution in [-0.2, 0) is 0 Å². The molecule has 0 atom stereocenters. The van der Waals surface area contributed by atoms with Crippen LogP contribution in [0.25, 0.3) is 22.6 Å². The molecule has 3 N–H and O–H groups in total. The van der Waals surface area contributed by atoms with Gasteiger partial charge in [0.25, 0.3) is 5.91 Å². The summed E-state index contributed by atoms with van der Waals surface area (Å²) >= 11 is 5.26. The molecule has 9 heteroatoms. The molecule has 4 rings (SSSR count). The molecule has 0 aliphatic heterocycles. The van der Waals surface area contributed by atoms with E-state index in [0.29, 0.717) is 39.7 Å². The number of phenols is 1. The summed E-state index contributed by atoms with van der Waals surface area (Å²) in [5.74, 6) is 0.461. The summed E-state index contributed by atoms with van der Waals surface area (Å²) in [6.07, 6.45) is 0. The third-order valence-corrected chi connectivity index (χ3v) is 5.12. The van der Waals surface area contributed by atoms with Crippen molar-refractivity contribution in [2.45, 2.75) is 6.92 Å². The van der Waals surface area contributed by atoms with Crippen molar-refractivity contribution in [2.75, 3.05) is 19.5 Å². The number of ether oxygens (including phenoxy) is 2. The van der Waals surface area contributed by atoms with Crippen LogP contribution in [0.4, 0.5) is 5.69 Å². The van der Waals surface area contributed by atoms with Gasteiger partial charge in [0.2, 0.25) is 5.89 Å². The number of anilines is 1. The molecule has 0 aliphatic rings. The molecule has 0 saturated carbocycles. The van der Waals surface area contributed by atoms with Crippen LogP contribution in [0.3, 0.4) is 0 Å². The second kappa shape index (κ2) is 9.17. The van der Waals surface area contributed by atoms with Gasteiger partial charge in [-0.05, 0) is 61.1 Å². The van der Waals surface area contributed by atoms with Gasteiger partial charge in [-0.1, -0.05) is 12.1 Å². The Bertz CT molecular complexity index is 1340. The maximum absolute atomic E-state index is 12.8. The number of hydrogen-bond acceptors (Lipinski definition) is 7. The lowest BCUT2D eigenvalue weighted by Crippen LogP contribution is -2.34. The standard InChI is InChI=1S/C24H21N3O5S/c1-13-7-10-16-20(11-13)32-23(26-16)15-9-8-14(12-17(15)28)25-24(33)27-22(29)21-18(30-2)5-4-6-19(21)31-3/h4-12,28H,1-3H3,(H2,25,27,29,33). The van der Waals surface area contributed by atoms with E-state index < -0.39 is 5.91 Å². The highest BCUT2D eigenvalue weighted by Gasteiger charge is 2.19. The average molecular weight is 464 g/mol. The highest BCUT2D eigenvalue weighted by molar-refractivity contribution is 7.80. The number of phenolic OH excluding ortho intramolecular Hbond substituents is 1. The maximum Gasteiger partial charge on any atom is 0.264 e. The van der Waals surface area contributed by atoms with E-state index >= 15 is 0 Å². The molecule has 0 unspecified atom stereocenters. The van der Waals surface area contributed by atoms with Crippen molar-refractivity contribution >= 4 is 40.0 Å². The molecule has 1 aromatic heterocycles. The van der Waals surface area contributed by atoms with Crippen LogP contribution in [0.5, 0.6) is 17.2 Å². The van der Waals surface area contributed by atoms with Gasteiger partial charge in [0.05, 0.1) is 19.8 Å². The zero-order chi connectivity index (χ0) is 23.5. The lowest BCUT2D eigenvalue weighted by atomic mass is 10.1. The number of amides is 1. The number of aromatic nitrogens is 1. The predicted octanol–water partition coefficient (Wildman–Crippen LogP) is 4.65. The first-order valence-corrected chi connectivity index (χ1v) is 10.3. The summed E-state index contributed by atoms with van der Waals surface area (Å²) in [5, 5.41) is 16.0. The number of benzene rings is 3. The van der Waals surface area contributed by atoms with Crippen molar-refractivity contribution in [3.8, 4) is 28.7 Å². The fourth-order valence-electron chi connectivity index (χ4n) is 3.34. The first-order chi connectivity index (χ1) is 15.9. The Hall–Kier alpha value is -4.11. The molecule has 0 saturated heterocycles. The molecule has 1 amide bonds. The summed E-state index contributed by atoms with van der Waals surface area (Å²) in [5.41, 5.74) is 3.52. The molecule has 0 aliphatic carbocycles. The van der Waals surface area contributed by atoms with Crippen molar-refractivity contribution in [1.82, 2.24) is 10.3 Å². The molecule has 1 heterocycles. The lowest BCUT2D eigenvalue weighted by molar-refractivity contribution is 0.0971. The minimum Gasteiger partial charge on any atom is -0.507 e. The smallest absolute Gasteiger partial charge is 0.264 e. The first-order valence-electron chi connectivity index (χ1n) is 9.93. The van der Waals surface area contributed by atoms with E-state index in [2.05, 4.69) is 15.6 Å². The van der Waals surface area contributed by atoms with E-state index in [1.807, 2.05) is 25.1 Å². The molecule has 0 bridgehead atoms. The Morgan fingerprint density at radius 1 is 1.06 bits per heavy atom. The Balaban J connectivity index is 1.50. The zero-order valence-electron chi connectivity index (χ0n) is 18.1. The fourth-order valence-corrected chi connectivity index (χ4v) is 3.55. The third-order valence-electron chi connectivity index (χ3n) is 4.91. The van der Waals surface area contributed by atoms with Crippen molar-refractivity contribution < 1.29 is 23.8 Å². The summed E-state index contributed by atoms with van der Waals surface area (Å²) in [7, 11) is 2.93. The Morgan fingerprint density at radius 2 is 1.79 bits per heavy atom. The van der Waals surface area contributed by atoms with Crippen LogP contribution in [0.1, 0.15) is 15.9 Å². The normalized spacial score (nSPS) is 10.6.